The van der Waals surface area contributed by atoms with Gasteiger partial charge in [0.1, 0.15) is 0 Å². The van der Waals surface area contributed by atoms with Gasteiger partial charge in [0.15, 0.2) is 5.96 Å². The van der Waals surface area contributed by atoms with Crippen LogP contribution < -0.4 is 10.6 Å². The fourth-order valence-electron chi connectivity index (χ4n) is 3.30. The first-order valence-electron chi connectivity index (χ1n) is 8.54. The number of ether oxygens (including phenoxy) is 1. The molecule has 130 valence electrons. The Kier molecular flexibility index (Phi) is 10.4. The van der Waals surface area contributed by atoms with Gasteiger partial charge in [-0.15, -0.1) is 24.0 Å². The number of morpholine rings is 1. The third-order valence-corrected chi connectivity index (χ3v) is 4.87. The topological polar surface area (TPSA) is 48.9 Å². The third kappa shape index (κ3) is 7.00. The molecule has 1 saturated heterocycles. The van der Waals surface area contributed by atoms with Gasteiger partial charge in [-0.25, -0.2) is 0 Å². The van der Waals surface area contributed by atoms with Crippen LogP contribution in [0.4, 0.5) is 0 Å². The summed E-state index contributed by atoms with van der Waals surface area (Å²) in [7, 11) is 1.86. The van der Waals surface area contributed by atoms with Crippen LogP contribution in [0.5, 0.6) is 0 Å². The molecule has 6 heteroatoms. The molecule has 2 atom stereocenters. The Morgan fingerprint density at radius 1 is 1.18 bits per heavy atom. The predicted molar refractivity (Wildman–Crippen MR) is 103 cm³/mol. The number of aliphatic imine (C=N–C) groups is 1. The van der Waals surface area contributed by atoms with E-state index in [0.717, 1.165) is 63.7 Å². The van der Waals surface area contributed by atoms with Crippen LogP contribution in [0, 0.1) is 11.8 Å². The van der Waals surface area contributed by atoms with Crippen LogP contribution in [0.1, 0.15) is 32.6 Å². The normalized spacial score (nSPS) is 27.1. The molecule has 0 spiro atoms. The highest BCUT2D eigenvalue weighted by Crippen LogP contribution is 2.28. The summed E-state index contributed by atoms with van der Waals surface area (Å²) in [4.78, 5) is 6.77. The molecule has 1 heterocycles. The summed E-state index contributed by atoms with van der Waals surface area (Å²) in [5, 5.41) is 6.93. The lowest BCUT2D eigenvalue weighted by Crippen LogP contribution is -2.45. The van der Waals surface area contributed by atoms with Crippen molar-refractivity contribution in [3.8, 4) is 0 Å². The Balaban J connectivity index is 0.00000242. The standard InChI is InChI=1S/C16H32N4O.HI/c1-14-5-3-4-6-15(14)13-19-16(17-2)18-7-8-20-9-11-21-12-10-20;/h14-15H,3-13H2,1-2H3,(H2,17,18,19);1H. The highest BCUT2D eigenvalue weighted by molar-refractivity contribution is 14.0. The van der Waals surface area contributed by atoms with Crippen LogP contribution in [0.25, 0.3) is 0 Å². The largest absolute Gasteiger partial charge is 0.379 e. The van der Waals surface area contributed by atoms with Gasteiger partial charge in [-0.3, -0.25) is 9.89 Å². The van der Waals surface area contributed by atoms with E-state index in [1.54, 1.807) is 0 Å². The van der Waals surface area contributed by atoms with E-state index in [1.165, 1.54) is 25.7 Å². The van der Waals surface area contributed by atoms with E-state index < -0.39 is 0 Å². The Hall–Kier alpha value is -0.0800. The number of guanidine groups is 1. The first kappa shape index (κ1) is 20.0. The monoisotopic (exact) mass is 424 g/mol. The molecule has 1 aliphatic heterocycles. The SMILES string of the molecule is CN=C(NCCN1CCOCC1)NCC1CCCCC1C.I. The van der Waals surface area contributed by atoms with Crippen LogP contribution in [0.3, 0.4) is 0 Å². The zero-order chi connectivity index (χ0) is 14.9. The number of hydrogen-bond donors (Lipinski definition) is 2. The highest BCUT2D eigenvalue weighted by Gasteiger charge is 2.21. The van der Waals surface area contributed by atoms with Crippen LogP contribution in [0.2, 0.25) is 0 Å². The van der Waals surface area contributed by atoms with Crippen molar-refractivity contribution in [1.29, 1.82) is 0 Å². The zero-order valence-corrected chi connectivity index (χ0v) is 16.5. The maximum absolute atomic E-state index is 5.37. The van der Waals surface area contributed by atoms with Crippen LogP contribution >= 0.6 is 24.0 Å². The summed E-state index contributed by atoms with van der Waals surface area (Å²) in [6, 6.07) is 0. The Morgan fingerprint density at radius 3 is 2.59 bits per heavy atom. The summed E-state index contributed by atoms with van der Waals surface area (Å²) < 4.78 is 5.37. The lowest BCUT2D eigenvalue weighted by molar-refractivity contribution is 0.0389. The molecule has 2 aliphatic rings. The first-order chi connectivity index (χ1) is 10.3. The minimum absolute atomic E-state index is 0. The minimum Gasteiger partial charge on any atom is -0.379 e. The molecule has 2 fully saturated rings. The summed E-state index contributed by atoms with van der Waals surface area (Å²) in [6.07, 6.45) is 5.54. The number of hydrogen-bond acceptors (Lipinski definition) is 3. The van der Waals surface area contributed by atoms with Gasteiger partial charge >= 0.3 is 0 Å². The summed E-state index contributed by atoms with van der Waals surface area (Å²) >= 11 is 0. The molecule has 0 aromatic carbocycles. The van der Waals surface area contributed by atoms with E-state index in [2.05, 4.69) is 27.4 Å². The minimum atomic E-state index is 0. The van der Waals surface area contributed by atoms with Gasteiger partial charge in [0, 0.05) is 39.8 Å². The lowest BCUT2D eigenvalue weighted by Gasteiger charge is -2.29. The van der Waals surface area contributed by atoms with Gasteiger partial charge in [-0.1, -0.05) is 26.2 Å². The molecule has 1 saturated carbocycles. The van der Waals surface area contributed by atoms with Crippen LogP contribution in [-0.4, -0.2) is 63.8 Å². The average molecular weight is 424 g/mol. The fourth-order valence-corrected chi connectivity index (χ4v) is 3.30. The smallest absolute Gasteiger partial charge is 0.191 e. The molecule has 22 heavy (non-hydrogen) atoms. The summed E-state index contributed by atoms with van der Waals surface area (Å²) in [5.74, 6) is 2.59. The zero-order valence-electron chi connectivity index (χ0n) is 14.1. The molecule has 2 unspecified atom stereocenters. The Morgan fingerprint density at radius 2 is 1.91 bits per heavy atom. The van der Waals surface area contributed by atoms with Gasteiger partial charge in [0.05, 0.1) is 13.2 Å². The van der Waals surface area contributed by atoms with E-state index in [1.807, 2.05) is 7.05 Å². The number of nitrogens with zero attached hydrogens (tertiary/aromatic N) is 2. The highest BCUT2D eigenvalue weighted by atomic mass is 127. The van der Waals surface area contributed by atoms with Gasteiger partial charge < -0.3 is 15.4 Å². The van der Waals surface area contributed by atoms with E-state index in [4.69, 9.17) is 4.74 Å². The van der Waals surface area contributed by atoms with Crippen LogP contribution in [0.15, 0.2) is 4.99 Å². The molecule has 2 rings (SSSR count). The Labute approximate surface area is 152 Å². The number of halogens is 1. The number of nitrogens with one attached hydrogen (secondary N) is 2. The van der Waals surface area contributed by atoms with E-state index >= 15 is 0 Å². The quantitative estimate of drug-likeness (QED) is 0.402. The van der Waals surface area contributed by atoms with Gasteiger partial charge in [0.25, 0.3) is 0 Å². The molecule has 2 N–H and O–H groups in total. The lowest BCUT2D eigenvalue weighted by atomic mass is 9.80. The first-order valence-corrected chi connectivity index (χ1v) is 8.54. The van der Waals surface area contributed by atoms with E-state index in [9.17, 15) is 0 Å². The predicted octanol–water partition coefficient (Wildman–Crippen LogP) is 1.93. The second-order valence-electron chi connectivity index (χ2n) is 6.36. The second kappa shape index (κ2) is 11.5. The van der Waals surface area contributed by atoms with E-state index in [-0.39, 0.29) is 24.0 Å². The molecule has 0 bridgehead atoms. The van der Waals surface area contributed by atoms with Gasteiger partial charge in [-0.05, 0) is 18.3 Å². The maximum Gasteiger partial charge on any atom is 0.191 e. The van der Waals surface area contributed by atoms with Gasteiger partial charge in [-0.2, -0.15) is 0 Å². The maximum atomic E-state index is 5.37. The van der Waals surface area contributed by atoms with Crippen molar-refractivity contribution in [2.24, 2.45) is 16.8 Å². The molecule has 0 amide bonds. The number of rotatable bonds is 5. The van der Waals surface area contributed by atoms with Crippen molar-refractivity contribution in [2.75, 3.05) is 53.0 Å². The summed E-state index contributed by atoms with van der Waals surface area (Å²) in [6.45, 7) is 9.28. The van der Waals surface area contributed by atoms with Crippen molar-refractivity contribution < 1.29 is 4.74 Å². The van der Waals surface area contributed by atoms with Crippen molar-refractivity contribution in [1.82, 2.24) is 15.5 Å². The molecule has 0 aromatic rings. The fraction of sp³-hybridized carbons (Fsp3) is 0.938. The molecule has 0 aromatic heterocycles. The van der Waals surface area contributed by atoms with Gasteiger partial charge in [0.2, 0.25) is 0 Å². The van der Waals surface area contributed by atoms with Crippen molar-refractivity contribution in [3.63, 3.8) is 0 Å². The molecular formula is C16H33IN4O. The van der Waals surface area contributed by atoms with Crippen molar-refractivity contribution in [3.05, 3.63) is 0 Å². The molecule has 5 nitrogen and oxygen atoms in total. The summed E-state index contributed by atoms with van der Waals surface area (Å²) in [5.41, 5.74) is 0. The molecule has 0 radical (unpaired) electrons. The van der Waals surface area contributed by atoms with Crippen molar-refractivity contribution in [2.45, 2.75) is 32.6 Å². The Bertz CT molecular complexity index is 321. The van der Waals surface area contributed by atoms with Crippen molar-refractivity contribution >= 4 is 29.9 Å². The average Bonchev–Trinajstić information content (AvgIpc) is 2.53. The third-order valence-electron chi connectivity index (χ3n) is 4.87. The second-order valence-corrected chi connectivity index (χ2v) is 6.36. The molecular weight excluding hydrogens is 391 g/mol. The molecule has 1 aliphatic carbocycles. The van der Waals surface area contributed by atoms with E-state index in [0.29, 0.717) is 0 Å². The van der Waals surface area contributed by atoms with Crippen LogP contribution in [-0.2, 0) is 4.74 Å².